The Balaban J connectivity index is 2.24. The minimum absolute atomic E-state index is 0.0632. The van der Waals surface area contributed by atoms with E-state index in [1.54, 1.807) is 0 Å². The molecule has 21 heavy (non-hydrogen) atoms. The van der Waals surface area contributed by atoms with Crippen LogP contribution in [0.1, 0.15) is 33.1 Å². The first-order valence-corrected chi connectivity index (χ1v) is 7.82. The molecule has 0 heterocycles. The summed E-state index contributed by atoms with van der Waals surface area (Å²) < 4.78 is 11.3. The number of allylic oxidation sites excluding steroid dienone is 2. The van der Waals surface area contributed by atoms with Crippen LogP contribution in [0, 0.1) is 17.3 Å². The highest BCUT2D eigenvalue weighted by Gasteiger charge is 2.50. The first-order chi connectivity index (χ1) is 10.0. The molecule has 0 saturated heterocycles. The number of ether oxygens (including phenoxy) is 2. The summed E-state index contributed by atoms with van der Waals surface area (Å²) in [5, 5.41) is 9.01. The van der Waals surface area contributed by atoms with Gasteiger partial charge < -0.3 is 14.6 Å². The molecule has 0 aromatic heterocycles. The number of aliphatic hydroxyl groups excluding tert-OH is 1. The van der Waals surface area contributed by atoms with Crippen LogP contribution in [0.4, 0.5) is 0 Å². The van der Waals surface area contributed by atoms with E-state index in [1.807, 2.05) is 6.08 Å². The van der Waals surface area contributed by atoms with Gasteiger partial charge in [-0.2, -0.15) is 0 Å². The van der Waals surface area contributed by atoms with Crippen LogP contribution in [0.3, 0.4) is 0 Å². The fraction of sp³-hybridized carbons (Fsp3) is 0.667. The fourth-order valence-electron chi connectivity index (χ4n) is 4.14. The first-order valence-electron chi connectivity index (χ1n) is 7.82. The van der Waals surface area contributed by atoms with E-state index >= 15 is 0 Å². The SMILES string of the molecule is C=CC[C@@H]1[C@H]2C[C@@H](OCCO)C(COC=C)=C2CC1(C)C. The highest BCUT2D eigenvalue weighted by Crippen LogP contribution is 2.57. The number of rotatable bonds is 8. The lowest BCUT2D eigenvalue weighted by molar-refractivity contribution is 0.0329. The first kappa shape index (κ1) is 16.3. The van der Waals surface area contributed by atoms with Gasteiger partial charge in [-0.05, 0) is 42.1 Å². The molecular formula is C18H28O3. The van der Waals surface area contributed by atoms with Crippen LogP contribution >= 0.6 is 0 Å². The van der Waals surface area contributed by atoms with E-state index < -0.39 is 0 Å². The molecule has 3 atom stereocenters. The van der Waals surface area contributed by atoms with Crippen molar-refractivity contribution in [1.29, 1.82) is 0 Å². The van der Waals surface area contributed by atoms with Gasteiger partial charge in [0.05, 0.1) is 25.6 Å². The Bertz CT molecular complexity index is 422. The van der Waals surface area contributed by atoms with Crippen molar-refractivity contribution in [3.63, 3.8) is 0 Å². The highest BCUT2D eigenvalue weighted by atomic mass is 16.5. The van der Waals surface area contributed by atoms with Gasteiger partial charge in [0.2, 0.25) is 0 Å². The predicted octanol–water partition coefficient (Wildman–Crippen LogP) is 3.46. The Morgan fingerprint density at radius 3 is 2.76 bits per heavy atom. The van der Waals surface area contributed by atoms with E-state index in [0.717, 1.165) is 19.3 Å². The predicted molar refractivity (Wildman–Crippen MR) is 84.8 cm³/mol. The maximum atomic E-state index is 9.01. The summed E-state index contributed by atoms with van der Waals surface area (Å²) >= 11 is 0. The molecular weight excluding hydrogens is 264 g/mol. The van der Waals surface area contributed by atoms with E-state index in [9.17, 15) is 0 Å². The molecule has 3 nitrogen and oxygen atoms in total. The molecule has 0 aromatic carbocycles. The van der Waals surface area contributed by atoms with Crippen LogP contribution in [0.25, 0.3) is 0 Å². The van der Waals surface area contributed by atoms with Gasteiger partial charge in [-0.3, -0.25) is 0 Å². The molecule has 2 aliphatic carbocycles. The largest absolute Gasteiger partial charge is 0.497 e. The fourth-order valence-corrected chi connectivity index (χ4v) is 4.14. The Hall–Kier alpha value is -1.06. The van der Waals surface area contributed by atoms with Gasteiger partial charge in [-0.25, -0.2) is 0 Å². The zero-order valence-electron chi connectivity index (χ0n) is 13.3. The maximum Gasteiger partial charge on any atom is 0.111 e. The third-order valence-electron chi connectivity index (χ3n) is 5.04. The molecule has 0 aliphatic heterocycles. The summed E-state index contributed by atoms with van der Waals surface area (Å²) in [5.41, 5.74) is 3.08. The van der Waals surface area contributed by atoms with Gasteiger partial charge in [0, 0.05) is 0 Å². The number of fused-ring (bicyclic) bond motifs is 1. The van der Waals surface area contributed by atoms with Crippen LogP contribution in [0.5, 0.6) is 0 Å². The quantitative estimate of drug-likeness (QED) is 0.550. The van der Waals surface area contributed by atoms with Gasteiger partial charge in [0.15, 0.2) is 0 Å². The zero-order valence-corrected chi connectivity index (χ0v) is 13.3. The topological polar surface area (TPSA) is 38.7 Å². The summed E-state index contributed by atoms with van der Waals surface area (Å²) in [7, 11) is 0. The Kier molecular flexibility index (Phi) is 5.28. The second-order valence-electron chi connectivity index (χ2n) is 6.75. The lowest BCUT2D eigenvalue weighted by atomic mass is 9.75. The minimum atomic E-state index is 0.0632. The van der Waals surface area contributed by atoms with Gasteiger partial charge in [0.1, 0.15) is 6.61 Å². The second kappa shape index (κ2) is 6.80. The molecule has 0 spiro atoms. The van der Waals surface area contributed by atoms with Crippen LogP contribution in [-0.2, 0) is 9.47 Å². The molecule has 118 valence electrons. The van der Waals surface area contributed by atoms with Crippen molar-refractivity contribution in [2.45, 2.75) is 39.2 Å². The summed E-state index contributed by atoms with van der Waals surface area (Å²) in [6.07, 6.45) is 6.77. The Morgan fingerprint density at radius 1 is 1.38 bits per heavy atom. The highest BCUT2D eigenvalue weighted by molar-refractivity contribution is 5.34. The van der Waals surface area contributed by atoms with E-state index in [0.29, 0.717) is 30.5 Å². The number of aliphatic hydroxyl groups is 1. The van der Waals surface area contributed by atoms with Crippen LogP contribution in [0.2, 0.25) is 0 Å². The molecule has 0 radical (unpaired) electrons. The number of hydrogen-bond donors (Lipinski definition) is 1. The van der Waals surface area contributed by atoms with E-state index in [4.69, 9.17) is 14.6 Å². The van der Waals surface area contributed by atoms with Crippen molar-refractivity contribution >= 4 is 0 Å². The van der Waals surface area contributed by atoms with Crippen molar-refractivity contribution in [1.82, 2.24) is 0 Å². The van der Waals surface area contributed by atoms with Gasteiger partial charge in [0.25, 0.3) is 0 Å². The van der Waals surface area contributed by atoms with Crippen LogP contribution in [-0.4, -0.2) is 31.0 Å². The molecule has 1 fully saturated rings. The normalized spacial score (nSPS) is 30.3. The van der Waals surface area contributed by atoms with Gasteiger partial charge >= 0.3 is 0 Å². The number of hydrogen-bond acceptors (Lipinski definition) is 3. The molecule has 0 unspecified atom stereocenters. The van der Waals surface area contributed by atoms with Crippen LogP contribution < -0.4 is 0 Å². The molecule has 1 N–H and O–H groups in total. The third kappa shape index (κ3) is 3.24. The molecule has 2 aliphatic rings. The summed E-state index contributed by atoms with van der Waals surface area (Å²) in [5.74, 6) is 1.18. The molecule has 2 rings (SSSR count). The standard InChI is InChI=1S/C18H28O3/c1-5-7-16-13-10-17(21-9-8-19)15(12-20-6-2)14(13)11-18(16,3)4/h5-6,13,16-17,19H,1-2,7-12H2,3-4H3/t13-,16+,17+/m0/s1. The van der Waals surface area contributed by atoms with Gasteiger partial charge in [-0.1, -0.05) is 32.1 Å². The molecule has 0 bridgehead atoms. The van der Waals surface area contributed by atoms with Crippen molar-refractivity contribution in [3.05, 3.63) is 36.6 Å². The maximum absolute atomic E-state index is 9.01. The third-order valence-corrected chi connectivity index (χ3v) is 5.04. The molecule has 1 saturated carbocycles. The van der Waals surface area contributed by atoms with Crippen LogP contribution in [0.15, 0.2) is 36.6 Å². The van der Waals surface area contributed by atoms with Crippen molar-refractivity contribution in [2.75, 3.05) is 19.8 Å². The molecule has 0 amide bonds. The average molecular weight is 292 g/mol. The Labute approximate surface area is 128 Å². The summed E-state index contributed by atoms with van der Waals surface area (Å²) in [6.45, 7) is 13.3. The Morgan fingerprint density at radius 2 is 2.14 bits per heavy atom. The molecule has 3 heteroatoms. The van der Waals surface area contributed by atoms with E-state index in [1.165, 1.54) is 17.4 Å². The second-order valence-corrected chi connectivity index (χ2v) is 6.75. The van der Waals surface area contributed by atoms with Crippen molar-refractivity contribution in [2.24, 2.45) is 17.3 Å². The summed E-state index contributed by atoms with van der Waals surface area (Å²) in [4.78, 5) is 0. The lowest BCUT2D eigenvalue weighted by Gasteiger charge is -2.30. The van der Waals surface area contributed by atoms with Crippen molar-refractivity contribution in [3.8, 4) is 0 Å². The molecule has 0 aromatic rings. The summed E-state index contributed by atoms with van der Waals surface area (Å²) in [6, 6.07) is 0. The van der Waals surface area contributed by atoms with E-state index in [2.05, 4.69) is 27.0 Å². The minimum Gasteiger partial charge on any atom is -0.497 e. The monoisotopic (exact) mass is 292 g/mol. The zero-order chi connectivity index (χ0) is 15.5. The van der Waals surface area contributed by atoms with E-state index in [-0.39, 0.29) is 12.7 Å². The smallest absolute Gasteiger partial charge is 0.111 e. The lowest BCUT2D eigenvalue weighted by Crippen LogP contribution is -2.25. The average Bonchev–Trinajstić information content (AvgIpc) is 2.88. The van der Waals surface area contributed by atoms with Gasteiger partial charge in [-0.15, -0.1) is 6.58 Å². The van der Waals surface area contributed by atoms with Crippen molar-refractivity contribution < 1.29 is 14.6 Å².